The van der Waals surface area contributed by atoms with E-state index in [4.69, 9.17) is 18.6 Å². The third kappa shape index (κ3) is 3.41. The first kappa shape index (κ1) is 27.1. The van der Waals surface area contributed by atoms with Crippen LogP contribution in [0.25, 0.3) is 0 Å². The summed E-state index contributed by atoms with van der Waals surface area (Å²) in [5, 5.41) is 12.3. The summed E-state index contributed by atoms with van der Waals surface area (Å²) in [5.74, 6) is -0.627. The second-order valence-electron chi connectivity index (χ2n) is 14.2. The van der Waals surface area contributed by atoms with Crippen LogP contribution in [-0.2, 0) is 23.8 Å². The number of ether oxygens (including phenoxy) is 3. The van der Waals surface area contributed by atoms with E-state index in [1.54, 1.807) is 6.26 Å². The topological polar surface area (TPSA) is 95.2 Å². The van der Waals surface area contributed by atoms with Crippen molar-refractivity contribution in [3.05, 3.63) is 35.8 Å². The first-order chi connectivity index (χ1) is 18.3. The van der Waals surface area contributed by atoms with Crippen LogP contribution in [0, 0.1) is 39.4 Å². The molecule has 1 aromatic rings. The molecular formula is C32H44O7. The number of aliphatic hydroxyl groups is 1. The smallest absolute Gasteiger partial charge is 0.308 e. The molecule has 7 nitrogen and oxygen atoms in total. The number of carbonyl (C=O) groups is 2. The number of aliphatic hydroxyl groups excluding tert-OH is 1. The molecule has 4 fully saturated rings. The molecule has 0 aromatic carbocycles. The zero-order chi connectivity index (χ0) is 28.1. The summed E-state index contributed by atoms with van der Waals surface area (Å²) in [5.41, 5.74) is 0.886. The average Bonchev–Trinajstić information content (AvgIpc) is 3.59. The summed E-state index contributed by atoms with van der Waals surface area (Å²) in [6.45, 7) is 14.5. The molecule has 2 heterocycles. The minimum Gasteiger partial charge on any atom is -0.472 e. The van der Waals surface area contributed by atoms with Gasteiger partial charge in [-0.1, -0.05) is 53.2 Å². The molecule has 0 spiro atoms. The van der Waals surface area contributed by atoms with Gasteiger partial charge in [-0.25, -0.2) is 0 Å². The van der Waals surface area contributed by atoms with Crippen molar-refractivity contribution in [1.29, 1.82) is 0 Å². The second kappa shape index (κ2) is 8.69. The van der Waals surface area contributed by atoms with E-state index in [0.717, 1.165) is 19.3 Å². The summed E-state index contributed by atoms with van der Waals surface area (Å²) in [7, 11) is 0. The van der Waals surface area contributed by atoms with Gasteiger partial charge >= 0.3 is 11.9 Å². The molecule has 39 heavy (non-hydrogen) atoms. The molecule has 0 amide bonds. The molecule has 7 heteroatoms. The Bertz CT molecular complexity index is 1190. The van der Waals surface area contributed by atoms with Crippen molar-refractivity contribution in [3.8, 4) is 0 Å². The van der Waals surface area contributed by atoms with Gasteiger partial charge in [0.05, 0.1) is 37.3 Å². The lowest BCUT2D eigenvalue weighted by atomic mass is 9.36. The first-order valence-electron chi connectivity index (χ1n) is 14.7. The van der Waals surface area contributed by atoms with Gasteiger partial charge in [0.2, 0.25) is 0 Å². The van der Waals surface area contributed by atoms with Gasteiger partial charge in [-0.05, 0) is 48.1 Å². The molecule has 0 bridgehead atoms. The number of rotatable bonds is 4. The van der Waals surface area contributed by atoms with Gasteiger partial charge in [0.25, 0.3) is 0 Å². The van der Waals surface area contributed by atoms with Crippen LogP contribution in [0.4, 0.5) is 0 Å². The van der Waals surface area contributed by atoms with Crippen LogP contribution in [0.3, 0.4) is 0 Å². The number of hydrogen-bond acceptors (Lipinski definition) is 7. The molecule has 4 aliphatic carbocycles. The molecule has 1 N–H and O–H groups in total. The van der Waals surface area contributed by atoms with E-state index in [1.807, 2.05) is 20.1 Å². The average molecular weight is 541 g/mol. The van der Waals surface area contributed by atoms with Crippen molar-refractivity contribution in [2.75, 3.05) is 6.61 Å². The largest absolute Gasteiger partial charge is 0.472 e. The number of esters is 2. The van der Waals surface area contributed by atoms with Crippen LogP contribution in [-0.4, -0.2) is 48.1 Å². The van der Waals surface area contributed by atoms with E-state index in [9.17, 15) is 14.7 Å². The van der Waals surface area contributed by atoms with E-state index in [1.165, 1.54) is 18.1 Å². The van der Waals surface area contributed by atoms with Crippen LogP contribution in [0.1, 0.15) is 85.6 Å². The molecule has 6 rings (SSSR count). The Morgan fingerprint density at radius 1 is 1.13 bits per heavy atom. The highest BCUT2D eigenvalue weighted by Crippen LogP contribution is 2.75. The lowest BCUT2D eigenvalue weighted by Crippen LogP contribution is -2.73. The Balaban J connectivity index is 1.47. The fourth-order valence-electron chi connectivity index (χ4n) is 10.3. The van der Waals surface area contributed by atoms with Crippen LogP contribution in [0.5, 0.6) is 0 Å². The van der Waals surface area contributed by atoms with Crippen molar-refractivity contribution in [3.63, 3.8) is 0 Å². The normalized spacial score (nSPS) is 48.1. The van der Waals surface area contributed by atoms with Gasteiger partial charge in [0, 0.05) is 35.5 Å². The van der Waals surface area contributed by atoms with Gasteiger partial charge < -0.3 is 23.7 Å². The minimum absolute atomic E-state index is 0.0629. The minimum atomic E-state index is -0.728. The number of carbonyl (C=O) groups excluding carboxylic acids is 2. The molecule has 0 radical (unpaired) electrons. The zero-order valence-electron chi connectivity index (χ0n) is 24.4. The third-order valence-electron chi connectivity index (χ3n) is 12.0. The lowest BCUT2D eigenvalue weighted by Gasteiger charge is -2.69. The Hall–Kier alpha value is -2.12. The quantitative estimate of drug-likeness (QED) is 0.402. The van der Waals surface area contributed by atoms with E-state index in [2.05, 4.69) is 39.8 Å². The molecule has 3 saturated carbocycles. The summed E-state index contributed by atoms with van der Waals surface area (Å²) >= 11 is 0. The number of furan rings is 1. The molecule has 1 aliphatic heterocycles. The standard InChI is InChI=1S/C32H44O7/c1-17(2)28(35)39-24-14-23(38-18(3)33)30(5)16-37-25-26(30)32(24,7)22-10-12-29(4)20(19-11-13-36-15-19)8-9-21(29)31(22,6)27(25)34/h9,11,13,15,17,20,22-27,34H,8,10,12,14,16H2,1-7H3. The molecule has 11 atom stereocenters. The van der Waals surface area contributed by atoms with Gasteiger partial charge in [0.15, 0.2) is 0 Å². The molecule has 1 saturated heterocycles. The third-order valence-corrected chi connectivity index (χ3v) is 12.0. The Morgan fingerprint density at radius 3 is 2.51 bits per heavy atom. The molecule has 214 valence electrons. The van der Waals surface area contributed by atoms with Crippen LogP contribution in [0.2, 0.25) is 0 Å². The van der Waals surface area contributed by atoms with Crippen molar-refractivity contribution in [2.45, 2.75) is 104 Å². The first-order valence-corrected chi connectivity index (χ1v) is 14.7. The molecule has 5 aliphatic rings. The second-order valence-corrected chi connectivity index (χ2v) is 14.2. The summed E-state index contributed by atoms with van der Waals surface area (Å²) in [4.78, 5) is 25.3. The molecular weight excluding hydrogens is 496 g/mol. The Morgan fingerprint density at radius 2 is 1.87 bits per heavy atom. The van der Waals surface area contributed by atoms with E-state index in [-0.39, 0.29) is 35.1 Å². The van der Waals surface area contributed by atoms with Crippen LogP contribution in [0.15, 0.2) is 34.7 Å². The summed E-state index contributed by atoms with van der Waals surface area (Å²) < 4.78 is 24.3. The number of hydrogen-bond donors (Lipinski definition) is 1. The fraction of sp³-hybridized carbons (Fsp3) is 0.750. The van der Waals surface area contributed by atoms with Crippen molar-refractivity contribution in [1.82, 2.24) is 0 Å². The number of allylic oxidation sites excluding steroid dienone is 1. The maximum absolute atomic E-state index is 13.1. The van der Waals surface area contributed by atoms with Gasteiger partial charge in [-0.3, -0.25) is 9.59 Å². The lowest BCUT2D eigenvalue weighted by molar-refractivity contribution is -0.263. The van der Waals surface area contributed by atoms with E-state index < -0.39 is 40.7 Å². The van der Waals surface area contributed by atoms with E-state index >= 15 is 0 Å². The van der Waals surface area contributed by atoms with Crippen LogP contribution >= 0.6 is 0 Å². The monoisotopic (exact) mass is 540 g/mol. The highest BCUT2D eigenvalue weighted by atomic mass is 16.6. The van der Waals surface area contributed by atoms with Gasteiger partial charge in [-0.15, -0.1) is 0 Å². The van der Waals surface area contributed by atoms with E-state index in [0.29, 0.717) is 18.9 Å². The predicted octanol–water partition coefficient (Wildman–Crippen LogP) is 5.42. The summed E-state index contributed by atoms with van der Waals surface area (Å²) in [6.07, 6.45) is 7.11. The SMILES string of the molecule is CC(=O)OC1CC(OC(=O)C(C)C)C2(C)C3C(OCC13C)C(O)C1(C)C3=CCC(c4ccoc4)C3(C)CCC12. The Kier molecular flexibility index (Phi) is 6.03. The fourth-order valence-corrected chi connectivity index (χ4v) is 10.3. The molecule has 1 aromatic heterocycles. The van der Waals surface area contributed by atoms with Gasteiger partial charge in [0.1, 0.15) is 12.2 Å². The maximum atomic E-state index is 13.1. The highest BCUT2D eigenvalue weighted by Gasteiger charge is 2.77. The van der Waals surface area contributed by atoms with Crippen molar-refractivity contribution < 1.29 is 33.3 Å². The Labute approximate surface area is 231 Å². The van der Waals surface area contributed by atoms with Crippen molar-refractivity contribution >= 4 is 11.9 Å². The zero-order valence-corrected chi connectivity index (χ0v) is 24.4. The van der Waals surface area contributed by atoms with Crippen LogP contribution < -0.4 is 0 Å². The number of fused-ring (bicyclic) bond motifs is 4. The predicted molar refractivity (Wildman–Crippen MR) is 143 cm³/mol. The van der Waals surface area contributed by atoms with Crippen molar-refractivity contribution in [2.24, 2.45) is 39.4 Å². The van der Waals surface area contributed by atoms with Gasteiger partial charge in [-0.2, -0.15) is 0 Å². The highest BCUT2D eigenvalue weighted by molar-refractivity contribution is 5.72. The maximum Gasteiger partial charge on any atom is 0.308 e. The summed E-state index contributed by atoms with van der Waals surface area (Å²) in [6, 6.07) is 2.07. The molecule has 11 unspecified atom stereocenters.